The van der Waals surface area contributed by atoms with E-state index in [0.717, 1.165) is 0 Å². The minimum atomic E-state index is 1.17. The number of benzene rings is 10. The van der Waals surface area contributed by atoms with Crippen LogP contribution < -0.4 is 0 Å². The second-order valence-electron chi connectivity index (χ2n) is 15.3. The highest BCUT2D eigenvalue weighted by Crippen LogP contribution is 2.52. The molecule has 0 fully saturated rings. The average Bonchev–Trinajstić information content (AvgIpc) is 3.78. The molecule has 1 aliphatic rings. The molecule has 0 N–H and O–H groups in total. The molecular formula is C54H32N2S. The van der Waals surface area contributed by atoms with E-state index in [9.17, 15) is 0 Å². The number of hydrogen-bond donors (Lipinski definition) is 0. The van der Waals surface area contributed by atoms with Gasteiger partial charge in [-0.1, -0.05) is 139 Å². The quantitative estimate of drug-likeness (QED) is 0.175. The maximum Gasteiger partial charge on any atom is 0.0553 e. The van der Waals surface area contributed by atoms with Crippen LogP contribution in [0.2, 0.25) is 0 Å². The minimum Gasteiger partial charge on any atom is -0.309 e. The summed E-state index contributed by atoms with van der Waals surface area (Å²) in [6.45, 7) is 0. The van der Waals surface area contributed by atoms with Crippen molar-refractivity contribution >= 4 is 87.7 Å². The van der Waals surface area contributed by atoms with Gasteiger partial charge in [0.25, 0.3) is 0 Å². The third-order valence-electron chi connectivity index (χ3n) is 12.2. The Labute approximate surface area is 332 Å². The van der Waals surface area contributed by atoms with Crippen molar-refractivity contribution in [3.05, 3.63) is 194 Å². The first-order valence-corrected chi connectivity index (χ1v) is 20.4. The molecule has 3 heterocycles. The number of hydrogen-bond acceptors (Lipinski definition) is 1. The van der Waals surface area contributed by atoms with Gasteiger partial charge in [0.15, 0.2) is 0 Å². The number of nitrogens with zero attached hydrogens (tertiary/aromatic N) is 2. The molecule has 12 aromatic rings. The molecule has 0 unspecified atom stereocenters. The van der Waals surface area contributed by atoms with Crippen molar-refractivity contribution in [2.75, 3.05) is 0 Å². The fourth-order valence-electron chi connectivity index (χ4n) is 9.67. The van der Waals surface area contributed by atoms with Gasteiger partial charge in [0.05, 0.1) is 22.1 Å². The summed E-state index contributed by atoms with van der Waals surface area (Å²) in [6.07, 6.45) is 0. The lowest BCUT2D eigenvalue weighted by Crippen LogP contribution is -1.99. The van der Waals surface area contributed by atoms with Gasteiger partial charge in [-0.2, -0.15) is 0 Å². The summed E-state index contributed by atoms with van der Waals surface area (Å²) in [5, 5.41) is 12.8. The van der Waals surface area contributed by atoms with Crippen LogP contribution in [-0.4, -0.2) is 9.13 Å². The molecule has 10 aromatic carbocycles. The molecule has 0 bridgehead atoms. The fourth-order valence-corrected chi connectivity index (χ4v) is 10.8. The summed E-state index contributed by atoms with van der Waals surface area (Å²) in [5.41, 5.74) is 12.3. The standard InChI is InChI=1S/C54H32N2S/c1-3-12-35-28-37(21-20-33(35)10-1)38-23-27-49-45(30-38)41-14-5-7-17-47(41)55(49)40-25-26-42-46-32-50-53(44-16-9-19-51(54(44)46)57-52(42)31-40)43-15-6-8-18-48(43)56(50)39-24-22-34-11-2-4-13-36(34)29-39/h1-32H. The third-order valence-corrected chi connectivity index (χ3v) is 13.4. The van der Waals surface area contributed by atoms with Crippen molar-refractivity contribution < 1.29 is 0 Å². The Morgan fingerprint density at radius 3 is 1.74 bits per heavy atom. The monoisotopic (exact) mass is 740 g/mol. The van der Waals surface area contributed by atoms with Crippen LogP contribution in [0.5, 0.6) is 0 Å². The Hall–Kier alpha value is -7.07. The van der Waals surface area contributed by atoms with E-state index in [1.807, 2.05) is 11.8 Å². The van der Waals surface area contributed by atoms with Gasteiger partial charge in [0, 0.05) is 48.1 Å². The first-order valence-electron chi connectivity index (χ1n) is 19.6. The zero-order valence-electron chi connectivity index (χ0n) is 30.8. The summed E-state index contributed by atoms with van der Waals surface area (Å²) in [6, 6.07) is 72.0. The smallest absolute Gasteiger partial charge is 0.0553 e. The Kier molecular flexibility index (Phi) is 6.41. The predicted molar refractivity (Wildman–Crippen MR) is 243 cm³/mol. The number of rotatable bonds is 3. The van der Waals surface area contributed by atoms with Crippen molar-refractivity contribution in [2.24, 2.45) is 0 Å². The molecule has 57 heavy (non-hydrogen) atoms. The number of aromatic nitrogens is 2. The van der Waals surface area contributed by atoms with E-state index in [1.165, 1.54) is 119 Å². The molecular weight excluding hydrogens is 709 g/mol. The van der Waals surface area contributed by atoms with E-state index in [0.29, 0.717) is 0 Å². The van der Waals surface area contributed by atoms with Crippen LogP contribution >= 0.6 is 11.8 Å². The van der Waals surface area contributed by atoms with Gasteiger partial charge < -0.3 is 9.13 Å². The van der Waals surface area contributed by atoms with Crippen LogP contribution in [0.25, 0.3) is 110 Å². The SMILES string of the molecule is c1ccc2cc(-c3ccc4c(c3)c3ccccc3n4-c3ccc4c(c3)Sc3cccc5c3c-4cc3c5c4ccccc4n3-c3ccc4ccccc4c3)ccc2c1. The molecule has 3 heteroatoms. The van der Waals surface area contributed by atoms with Crippen molar-refractivity contribution in [2.45, 2.75) is 9.79 Å². The summed E-state index contributed by atoms with van der Waals surface area (Å²) >= 11 is 1.90. The van der Waals surface area contributed by atoms with Gasteiger partial charge in [-0.25, -0.2) is 0 Å². The Morgan fingerprint density at radius 2 is 0.895 bits per heavy atom. The van der Waals surface area contributed by atoms with Crippen LogP contribution in [0.4, 0.5) is 0 Å². The Balaban J connectivity index is 1.01. The molecule has 1 aliphatic heterocycles. The Bertz CT molecular complexity index is 3680. The molecule has 0 aliphatic carbocycles. The first-order chi connectivity index (χ1) is 28.2. The van der Waals surface area contributed by atoms with Gasteiger partial charge in [0.2, 0.25) is 0 Å². The molecule has 2 aromatic heterocycles. The molecule has 0 spiro atoms. The highest BCUT2D eigenvalue weighted by molar-refractivity contribution is 7.99. The summed E-state index contributed by atoms with van der Waals surface area (Å²) in [7, 11) is 0. The highest BCUT2D eigenvalue weighted by Gasteiger charge is 2.25. The fraction of sp³-hybridized carbons (Fsp3) is 0. The van der Waals surface area contributed by atoms with Gasteiger partial charge in [-0.3, -0.25) is 0 Å². The normalized spacial score (nSPS) is 12.5. The molecule has 0 saturated heterocycles. The molecule has 2 nitrogen and oxygen atoms in total. The third kappa shape index (κ3) is 4.49. The highest BCUT2D eigenvalue weighted by atomic mass is 32.2. The second-order valence-corrected chi connectivity index (χ2v) is 16.4. The largest absolute Gasteiger partial charge is 0.309 e. The molecule has 0 atom stereocenters. The maximum absolute atomic E-state index is 2.47. The van der Waals surface area contributed by atoms with Crippen LogP contribution in [0.15, 0.2) is 204 Å². The zero-order valence-corrected chi connectivity index (χ0v) is 31.6. The molecule has 0 amide bonds. The van der Waals surface area contributed by atoms with E-state index in [4.69, 9.17) is 0 Å². The lowest BCUT2D eigenvalue weighted by molar-refractivity contribution is 1.16. The number of para-hydroxylation sites is 2. The van der Waals surface area contributed by atoms with E-state index >= 15 is 0 Å². The van der Waals surface area contributed by atoms with E-state index in [-0.39, 0.29) is 0 Å². The average molecular weight is 741 g/mol. The van der Waals surface area contributed by atoms with Crippen molar-refractivity contribution in [1.29, 1.82) is 0 Å². The van der Waals surface area contributed by atoms with Gasteiger partial charge in [-0.15, -0.1) is 0 Å². The van der Waals surface area contributed by atoms with Crippen LogP contribution in [0, 0.1) is 0 Å². The maximum atomic E-state index is 2.47. The predicted octanol–water partition coefficient (Wildman–Crippen LogP) is 15.1. The van der Waals surface area contributed by atoms with E-state index in [2.05, 4.69) is 203 Å². The molecule has 264 valence electrons. The summed E-state index contributed by atoms with van der Waals surface area (Å²) < 4.78 is 4.92. The van der Waals surface area contributed by atoms with Crippen molar-refractivity contribution in [1.82, 2.24) is 9.13 Å². The Morgan fingerprint density at radius 1 is 0.298 bits per heavy atom. The van der Waals surface area contributed by atoms with Crippen molar-refractivity contribution in [3.63, 3.8) is 0 Å². The summed E-state index contributed by atoms with van der Waals surface area (Å²) in [5.74, 6) is 0. The molecule has 13 rings (SSSR count). The minimum absolute atomic E-state index is 1.17. The van der Waals surface area contributed by atoms with Crippen LogP contribution in [0.3, 0.4) is 0 Å². The topological polar surface area (TPSA) is 9.86 Å². The number of fused-ring (bicyclic) bond motifs is 11. The van der Waals surface area contributed by atoms with Crippen LogP contribution in [-0.2, 0) is 0 Å². The van der Waals surface area contributed by atoms with Gasteiger partial charge in [-0.05, 0) is 116 Å². The lowest BCUT2D eigenvalue weighted by atomic mass is 9.94. The second kappa shape index (κ2) is 11.7. The summed E-state index contributed by atoms with van der Waals surface area (Å²) in [4.78, 5) is 2.58. The van der Waals surface area contributed by atoms with E-state index < -0.39 is 0 Å². The lowest BCUT2D eigenvalue weighted by Gasteiger charge is -2.22. The molecule has 0 radical (unpaired) electrons. The first kappa shape index (κ1) is 31.2. The van der Waals surface area contributed by atoms with Crippen molar-refractivity contribution in [3.8, 4) is 33.6 Å². The molecule has 0 saturated carbocycles. The van der Waals surface area contributed by atoms with Gasteiger partial charge >= 0.3 is 0 Å². The van der Waals surface area contributed by atoms with E-state index in [1.54, 1.807) is 0 Å². The van der Waals surface area contributed by atoms with Crippen LogP contribution in [0.1, 0.15) is 0 Å². The van der Waals surface area contributed by atoms with Gasteiger partial charge in [0.1, 0.15) is 0 Å². The zero-order chi connectivity index (χ0) is 37.2.